The number of hydrogen-bond donors (Lipinski definition) is 4. The van der Waals surface area contributed by atoms with E-state index < -0.39 is 108 Å². The number of primary amides is 1. The maximum absolute atomic E-state index is 14.1. The van der Waals surface area contributed by atoms with E-state index in [9.17, 15) is 43.5 Å². The molecule has 17 nitrogen and oxygen atoms in total. The molecule has 0 bridgehead atoms. The maximum atomic E-state index is 14.1. The van der Waals surface area contributed by atoms with Crippen molar-refractivity contribution in [3.63, 3.8) is 0 Å². The monoisotopic (exact) mass is 816 g/mol. The minimum absolute atomic E-state index is 0.132. The molecule has 0 saturated carbocycles. The Balaban J connectivity index is 2.36. The predicted molar refractivity (Wildman–Crippen MR) is 213 cm³/mol. The second kappa shape index (κ2) is 22.8. The second-order valence-electron chi connectivity index (χ2n) is 15.7. The van der Waals surface area contributed by atoms with Crippen LogP contribution in [0.4, 0.5) is 0 Å². The molecule has 0 aliphatic carbocycles. The van der Waals surface area contributed by atoms with Crippen LogP contribution in [0.15, 0.2) is 30.3 Å². The number of aliphatic hydroxyl groups is 1. The summed E-state index contributed by atoms with van der Waals surface area (Å²) in [5, 5.41) is 15.6. The first kappa shape index (κ1) is 49.1. The summed E-state index contributed by atoms with van der Waals surface area (Å²) in [6, 6.07) is 3.50. The first-order valence-electron chi connectivity index (χ1n) is 19.9. The molecule has 17 heteroatoms. The van der Waals surface area contributed by atoms with Crippen LogP contribution >= 0.6 is 0 Å². The lowest BCUT2D eigenvalue weighted by atomic mass is 9.96. The van der Waals surface area contributed by atoms with Gasteiger partial charge in [0, 0.05) is 33.5 Å². The van der Waals surface area contributed by atoms with E-state index in [1.807, 2.05) is 18.2 Å². The number of likely N-dealkylation sites (tertiary alicyclic amines) is 1. The maximum Gasteiger partial charge on any atom is 0.336 e. The summed E-state index contributed by atoms with van der Waals surface area (Å²) in [5.41, 5.74) is 6.18. The van der Waals surface area contributed by atoms with Crippen LogP contribution in [0.2, 0.25) is 0 Å². The standard InChI is InChI=1S/C41H64N6O11/c1-11-25(6)32(44-35(50)28(19-20-31(42)48)45(8)39(54)34(24(4)5)58-41(56)33(49)23(2)3)36(51)43-26(7)37(52)46(9)30(22-27-16-13-12-14-17-27)38(53)47-21-15-18-29(47)40(55)57-10/h12-14,16-17,23-26,28-30,32-34,49H,11,15,18-22H2,1-10H3,(H2,42,48)(H,43,51)(H,44,50)/t25-,26-,28-,29-,30-,32-,33-,34+/m0/s1. The number of nitrogens with two attached hydrogens (primary N) is 1. The highest BCUT2D eigenvalue weighted by atomic mass is 16.6. The quantitative estimate of drug-likeness (QED) is 0.128. The van der Waals surface area contributed by atoms with Gasteiger partial charge in [-0.3, -0.25) is 28.8 Å². The molecule has 0 unspecified atom stereocenters. The van der Waals surface area contributed by atoms with E-state index in [0.717, 1.165) is 10.5 Å². The van der Waals surface area contributed by atoms with Crippen LogP contribution in [-0.2, 0) is 54.3 Å². The summed E-state index contributed by atoms with van der Waals surface area (Å²) in [6.07, 6.45) is -1.86. The topological polar surface area (TPSA) is 235 Å². The number of methoxy groups -OCH3 is 1. The van der Waals surface area contributed by atoms with Crippen molar-refractivity contribution >= 4 is 47.4 Å². The summed E-state index contributed by atoms with van der Waals surface area (Å²) >= 11 is 0. The predicted octanol–water partition coefficient (Wildman–Crippen LogP) is 0.933. The van der Waals surface area contributed by atoms with E-state index in [1.54, 1.807) is 53.7 Å². The van der Waals surface area contributed by atoms with E-state index in [1.165, 1.54) is 37.9 Å². The molecule has 1 aliphatic rings. The van der Waals surface area contributed by atoms with Gasteiger partial charge in [-0.2, -0.15) is 0 Å². The highest BCUT2D eigenvalue weighted by Crippen LogP contribution is 2.23. The third-order valence-corrected chi connectivity index (χ3v) is 10.7. The van der Waals surface area contributed by atoms with Crippen molar-refractivity contribution in [3.8, 4) is 0 Å². The van der Waals surface area contributed by atoms with E-state index >= 15 is 0 Å². The average molecular weight is 817 g/mol. The van der Waals surface area contributed by atoms with Crippen molar-refractivity contribution < 1.29 is 52.9 Å². The molecule has 324 valence electrons. The van der Waals surface area contributed by atoms with E-state index in [2.05, 4.69) is 10.6 Å². The summed E-state index contributed by atoms with van der Waals surface area (Å²) in [6.45, 7) is 11.7. The van der Waals surface area contributed by atoms with E-state index in [0.29, 0.717) is 25.8 Å². The number of esters is 2. The average Bonchev–Trinajstić information content (AvgIpc) is 3.69. The molecular formula is C41H64N6O11. The SMILES string of the molecule is CC[C@H](C)[C@H](NC(=O)[C@H](CCC(N)=O)N(C)C(=O)[C@H](OC(=O)[C@@H](O)C(C)C)C(C)C)C(=O)N[C@@H](C)C(=O)N(C)[C@@H](Cc1ccccc1)C(=O)N1CCC[C@H]1C(=O)OC. The first-order valence-corrected chi connectivity index (χ1v) is 19.9. The van der Waals surface area contributed by atoms with Gasteiger partial charge in [0.25, 0.3) is 5.91 Å². The zero-order chi connectivity index (χ0) is 44.0. The normalized spacial score (nSPS) is 17.5. The smallest absolute Gasteiger partial charge is 0.336 e. The number of ether oxygens (including phenoxy) is 2. The van der Waals surface area contributed by atoms with E-state index in [4.69, 9.17) is 15.2 Å². The number of aliphatic hydroxyl groups excluding tert-OH is 1. The van der Waals surface area contributed by atoms with Gasteiger partial charge in [-0.15, -0.1) is 0 Å². The molecule has 58 heavy (non-hydrogen) atoms. The Labute approximate surface area is 341 Å². The summed E-state index contributed by atoms with van der Waals surface area (Å²) in [5.74, 6) is -7.18. The largest absolute Gasteiger partial charge is 0.467 e. The molecule has 2 rings (SSSR count). The number of benzene rings is 1. The number of carbonyl (C=O) groups is 8. The Morgan fingerprint density at radius 2 is 1.48 bits per heavy atom. The lowest BCUT2D eigenvalue weighted by Crippen LogP contribution is -2.60. The van der Waals surface area contributed by atoms with Crippen LogP contribution in [0.5, 0.6) is 0 Å². The second-order valence-corrected chi connectivity index (χ2v) is 15.7. The van der Waals surface area contributed by atoms with Gasteiger partial charge in [-0.25, -0.2) is 9.59 Å². The molecule has 5 N–H and O–H groups in total. The van der Waals surface area contributed by atoms with Gasteiger partial charge in [0.05, 0.1) is 7.11 Å². The summed E-state index contributed by atoms with van der Waals surface area (Å²) in [4.78, 5) is 111. The van der Waals surface area contributed by atoms with Crippen LogP contribution in [-0.4, -0.2) is 137 Å². The number of rotatable bonds is 21. The Bertz CT molecular complexity index is 1610. The van der Waals surface area contributed by atoms with Gasteiger partial charge in [0.15, 0.2) is 12.2 Å². The number of nitrogens with one attached hydrogen (secondary N) is 2. The molecule has 1 aliphatic heterocycles. The van der Waals surface area contributed by atoms with Crippen LogP contribution in [0.1, 0.15) is 86.1 Å². The molecule has 1 heterocycles. The van der Waals surface area contributed by atoms with Crippen molar-refractivity contribution in [2.24, 2.45) is 23.5 Å². The third-order valence-electron chi connectivity index (χ3n) is 10.7. The Hall–Kier alpha value is -5.06. The highest BCUT2D eigenvalue weighted by molar-refractivity contribution is 5.97. The van der Waals surface area contributed by atoms with Gasteiger partial charge >= 0.3 is 11.9 Å². The van der Waals surface area contributed by atoms with Crippen molar-refractivity contribution in [1.82, 2.24) is 25.3 Å². The van der Waals surface area contributed by atoms with Crippen molar-refractivity contribution in [2.45, 2.75) is 129 Å². The molecule has 0 spiro atoms. The molecule has 1 aromatic carbocycles. The van der Waals surface area contributed by atoms with Crippen LogP contribution in [0.25, 0.3) is 0 Å². The number of likely N-dealkylation sites (N-methyl/N-ethyl adjacent to an activating group) is 2. The molecular weight excluding hydrogens is 752 g/mol. The van der Waals surface area contributed by atoms with Gasteiger partial charge in [0.1, 0.15) is 30.2 Å². The Morgan fingerprint density at radius 3 is 2.02 bits per heavy atom. The summed E-state index contributed by atoms with van der Waals surface area (Å²) < 4.78 is 10.3. The van der Waals surface area contributed by atoms with Crippen molar-refractivity contribution in [1.29, 1.82) is 0 Å². The van der Waals surface area contributed by atoms with Gasteiger partial charge in [-0.1, -0.05) is 78.3 Å². The highest BCUT2D eigenvalue weighted by Gasteiger charge is 2.42. The molecule has 0 aromatic heterocycles. The van der Waals surface area contributed by atoms with Crippen LogP contribution < -0.4 is 16.4 Å². The first-order chi connectivity index (χ1) is 27.2. The van der Waals surface area contributed by atoms with Crippen LogP contribution in [0.3, 0.4) is 0 Å². The molecule has 0 radical (unpaired) electrons. The molecule has 8 atom stereocenters. The zero-order valence-corrected chi connectivity index (χ0v) is 35.6. The molecule has 1 aromatic rings. The molecule has 1 saturated heterocycles. The lowest BCUT2D eigenvalue weighted by Gasteiger charge is -2.35. The van der Waals surface area contributed by atoms with Gasteiger partial charge in [0.2, 0.25) is 29.5 Å². The number of amides is 6. The molecule has 1 fully saturated rings. The fraction of sp³-hybridized carbons (Fsp3) is 0.659. The Morgan fingerprint density at radius 1 is 0.879 bits per heavy atom. The number of hydrogen-bond acceptors (Lipinski definition) is 11. The minimum Gasteiger partial charge on any atom is -0.467 e. The van der Waals surface area contributed by atoms with Gasteiger partial charge in [-0.05, 0) is 49.5 Å². The third kappa shape index (κ3) is 13.2. The fourth-order valence-corrected chi connectivity index (χ4v) is 6.68. The number of nitrogens with zero attached hydrogens (tertiary/aromatic N) is 3. The van der Waals surface area contributed by atoms with Gasteiger partial charge < -0.3 is 45.6 Å². The number of carbonyl (C=O) groups excluding carboxylic acids is 8. The summed E-state index contributed by atoms with van der Waals surface area (Å²) in [7, 11) is 4.00. The minimum atomic E-state index is -1.49. The van der Waals surface area contributed by atoms with Crippen molar-refractivity contribution in [3.05, 3.63) is 35.9 Å². The van der Waals surface area contributed by atoms with Crippen molar-refractivity contribution in [2.75, 3.05) is 27.7 Å². The zero-order valence-electron chi connectivity index (χ0n) is 35.6. The molecule has 6 amide bonds. The Kier molecular flexibility index (Phi) is 19.3. The van der Waals surface area contributed by atoms with E-state index in [-0.39, 0.29) is 19.3 Å². The lowest BCUT2D eigenvalue weighted by molar-refractivity contribution is -0.172. The van der Waals surface area contributed by atoms with Crippen LogP contribution in [0, 0.1) is 17.8 Å². The fourth-order valence-electron chi connectivity index (χ4n) is 6.68.